The lowest BCUT2D eigenvalue weighted by molar-refractivity contribution is -0.121. The number of rotatable bonds is 18. The smallest absolute Gasteiger partial charge is 0.220 e. The van der Waals surface area contributed by atoms with Crippen LogP contribution < -0.4 is 5.32 Å². The summed E-state index contributed by atoms with van der Waals surface area (Å²) in [6.45, 7) is 4.37. The SMILES string of the molecule is CCCCCCCCCCCCCCCCCC(=O)NC(C)c1cccc2ccccc12. The van der Waals surface area contributed by atoms with E-state index >= 15 is 0 Å². The van der Waals surface area contributed by atoms with Crippen molar-refractivity contribution in [3.8, 4) is 0 Å². The molecule has 178 valence electrons. The zero-order valence-corrected chi connectivity index (χ0v) is 20.8. The van der Waals surface area contributed by atoms with Crippen LogP contribution in [0.1, 0.15) is 128 Å². The second-order valence-electron chi connectivity index (χ2n) is 9.56. The summed E-state index contributed by atoms with van der Waals surface area (Å²) >= 11 is 0. The van der Waals surface area contributed by atoms with Gasteiger partial charge >= 0.3 is 0 Å². The van der Waals surface area contributed by atoms with Gasteiger partial charge in [0.25, 0.3) is 0 Å². The molecule has 0 saturated carbocycles. The van der Waals surface area contributed by atoms with Crippen LogP contribution in [0, 0.1) is 0 Å². The molecule has 0 saturated heterocycles. The van der Waals surface area contributed by atoms with Crippen LogP contribution in [0.5, 0.6) is 0 Å². The average molecular weight is 438 g/mol. The number of fused-ring (bicyclic) bond motifs is 1. The zero-order valence-electron chi connectivity index (χ0n) is 20.8. The number of unbranched alkanes of at least 4 members (excludes halogenated alkanes) is 14. The van der Waals surface area contributed by atoms with Crippen molar-refractivity contribution in [1.29, 1.82) is 0 Å². The third-order valence-electron chi connectivity index (χ3n) is 6.67. The van der Waals surface area contributed by atoms with Gasteiger partial charge in [-0.1, -0.05) is 139 Å². The predicted octanol–water partition coefficient (Wildman–Crippen LogP) is 9.28. The number of carbonyl (C=O) groups excluding carboxylic acids is 1. The van der Waals surface area contributed by atoms with Crippen LogP contribution in [0.3, 0.4) is 0 Å². The maximum Gasteiger partial charge on any atom is 0.220 e. The molecule has 0 aliphatic rings. The van der Waals surface area contributed by atoms with Crippen LogP contribution in [-0.2, 0) is 4.79 Å². The van der Waals surface area contributed by atoms with Gasteiger partial charge in [-0.2, -0.15) is 0 Å². The van der Waals surface area contributed by atoms with E-state index in [1.807, 2.05) is 0 Å². The third kappa shape index (κ3) is 10.7. The highest BCUT2D eigenvalue weighted by atomic mass is 16.1. The lowest BCUT2D eigenvalue weighted by Gasteiger charge is -2.16. The molecule has 1 N–H and O–H groups in total. The number of hydrogen-bond acceptors (Lipinski definition) is 1. The van der Waals surface area contributed by atoms with Crippen molar-refractivity contribution in [1.82, 2.24) is 5.32 Å². The number of nitrogens with one attached hydrogen (secondary N) is 1. The highest BCUT2D eigenvalue weighted by Gasteiger charge is 2.11. The van der Waals surface area contributed by atoms with Gasteiger partial charge in [0.1, 0.15) is 0 Å². The van der Waals surface area contributed by atoms with E-state index in [0.29, 0.717) is 6.42 Å². The van der Waals surface area contributed by atoms with E-state index < -0.39 is 0 Å². The van der Waals surface area contributed by atoms with Gasteiger partial charge in [0.15, 0.2) is 0 Å². The Morgan fingerprint density at radius 1 is 0.688 bits per heavy atom. The van der Waals surface area contributed by atoms with Crippen molar-refractivity contribution < 1.29 is 4.79 Å². The fourth-order valence-electron chi connectivity index (χ4n) is 4.68. The summed E-state index contributed by atoms with van der Waals surface area (Å²) in [5.74, 6) is 0.181. The summed E-state index contributed by atoms with van der Waals surface area (Å²) in [7, 11) is 0. The first kappa shape index (κ1) is 26.4. The molecular weight excluding hydrogens is 390 g/mol. The second kappa shape index (κ2) is 16.8. The first-order chi connectivity index (χ1) is 15.7. The van der Waals surface area contributed by atoms with Crippen molar-refractivity contribution in [2.75, 3.05) is 0 Å². The monoisotopic (exact) mass is 437 g/mol. The number of benzene rings is 2. The molecule has 0 aliphatic heterocycles. The molecule has 2 heteroatoms. The zero-order chi connectivity index (χ0) is 22.9. The summed E-state index contributed by atoms with van der Waals surface area (Å²) in [6, 6.07) is 14.8. The second-order valence-corrected chi connectivity index (χ2v) is 9.56. The Morgan fingerprint density at radius 3 is 1.78 bits per heavy atom. The minimum absolute atomic E-state index is 0.0462. The van der Waals surface area contributed by atoms with Gasteiger partial charge < -0.3 is 5.32 Å². The van der Waals surface area contributed by atoms with Gasteiger partial charge in [-0.15, -0.1) is 0 Å². The first-order valence-corrected chi connectivity index (χ1v) is 13.5. The fraction of sp³-hybridized carbons (Fsp3) is 0.633. The Morgan fingerprint density at radius 2 is 1.19 bits per heavy atom. The van der Waals surface area contributed by atoms with Crippen LogP contribution in [0.2, 0.25) is 0 Å². The van der Waals surface area contributed by atoms with E-state index in [0.717, 1.165) is 6.42 Å². The molecular formula is C30H47NO. The summed E-state index contributed by atoms with van der Waals surface area (Å²) in [5, 5.41) is 5.66. The average Bonchev–Trinajstić information content (AvgIpc) is 2.81. The van der Waals surface area contributed by atoms with Crippen LogP contribution in [0.4, 0.5) is 0 Å². The van der Waals surface area contributed by atoms with E-state index in [4.69, 9.17) is 0 Å². The van der Waals surface area contributed by atoms with Crippen LogP contribution >= 0.6 is 0 Å². The number of amides is 1. The summed E-state index contributed by atoms with van der Waals surface area (Å²) < 4.78 is 0. The molecule has 2 aromatic carbocycles. The Balaban J connectivity index is 1.45. The van der Waals surface area contributed by atoms with E-state index in [-0.39, 0.29) is 11.9 Å². The molecule has 0 heterocycles. The maximum absolute atomic E-state index is 12.4. The summed E-state index contributed by atoms with van der Waals surface area (Å²) in [4.78, 5) is 12.4. The molecule has 2 nitrogen and oxygen atoms in total. The highest BCUT2D eigenvalue weighted by Crippen LogP contribution is 2.24. The van der Waals surface area contributed by atoms with Gasteiger partial charge in [-0.05, 0) is 29.7 Å². The Labute approximate surface area is 197 Å². The van der Waals surface area contributed by atoms with E-state index in [1.54, 1.807) is 0 Å². The van der Waals surface area contributed by atoms with Crippen molar-refractivity contribution in [2.24, 2.45) is 0 Å². The Kier molecular flexibility index (Phi) is 13.8. The van der Waals surface area contributed by atoms with Crippen molar-refractivity contribution in [3.05, 3.63) is 48.0 Å². The molecule has 0 bridgehead atoms. The van der Waals surface area contributed by atoms with Crippen LogP contribution in [-0.4, -0.2) is 5.91 Å². The molecule has 0 radical (unpaired) electrons. The van der Waals surface area contributed by atoms with Gasteiger partial charge in [-0.3, -0.25) is 4.79 Å². The Hall–Kier alpha value is -1.83. The van der Waals surface area contributed by atoms with Crippen LogP contribution in [0.15, 0.2) is 42.5 Å². The van der Waals surface area contributed by atoms with Crippen molar-refractivity contribution >= 4 is 16.7 Å². The lowest BCUT2D eigenvalue weighted by Crippen LogP contribution is -2.26. The maximum atomic E-state index is 12.4. The lowest BCUT2D eigenvalue weighted by atomic mass is 9.99. The van der Waals surface area contributed by atoms with E-state index in [9.17, 15) is 4.79 Å². The fourth-order valence-corrected chi connectivity index (χ4v) is 4.68. The quantitative estimate of drug-likeness (QED) is 0.231. The molecule has 2 rings (SSSR count). The van der Waals surface area contributed by atoms with Crippen LogP contribution in [0.25, 0.3) is 10.8 Å². The minimum Gasteiger partial charge on any atom is -0.350 e. The molecule has 0 aliphatic carbocycles. The number of carbonyl (C=O) groups is 1. The number of hydrogen-bond donors (Lipinski definition) is 1. The van der Waals surface area contributed by atoms with E-state index in [1.165, 1.54) is 106 Å². The Bertz CT molecular complexity index is 748. The topological polar surface area (TPSA) is 29.1 Å². The normalized spacial score (nSPS) is 12.2. The molecule has 1 atom stereocenters. The van der Waals surface area contributed by atoms with Crippen molar-refractivity contribution in [2.45, 2.75) is 123 Å². The molecule has 0 spiro atoms. The summed E-state index contributed by atoms with van der Waals surface area (Å²) in [6.07, 6.45) is 20.9. The predicted molar refractivity (Wildman–Crippen MR) is 140 cm³/mol. The molecule has 1 unspecified atom stereocenters. The highest BCUT2D eigenvalue weighted by molar-refractivity contribution is 5.86. The third-order valence-corrected chi connectivity index (χ3v) is 6.67. The summed E-state index contributed by atoms with van der Waals surface area (Å²) in [5.41, 5.74) is 1.20. The molecule has 2 aromatic rings. The van der Waals surface area contributed by atoms with Gasteiger partial charge in [0.2, 0.25) is 5.91 Å². The minimum atomic E-state index is 0.0462. The first-order valence-electron chi connectivity index (χ1n) is 13.5. The van der Waals surface area contributed by atoms with E-state index in [2.05, 4.69) is 61.6 Å². The van der Waals surface area contributed by atoms with Crippen molar-refractivity contribution in [3.63, 3.8) is 0 Å². The standard InChI is InChI=1S/C30H47NO/c1-3-4-5-6-7-8-9-10-11-12-13-14-15-16-17-25-30(32)31-26(2)28-24-20-22-27-21-18-19-23-29(27)28/h18-24,26H,3-17,25H2,1-2H3,(H,31,32). The molecule has 0 fully saturated rings. The van der Waals surface area contributed by atoms with Gasteiger partial charge in [0.05, 0.1) is 6.04 Å². The van der Waals surface area contributed by atoms with Gasteiger partial charge in [0, 0.05) is 6.42 Å². The molecule has 32 heavy (non-hydrogen) atoms. The molecule has 1 amide bonds. The molecule has 0 aromatic heterocycles. The largest absolute Gasteiger partial charge is 0.350 e. The van der Waals surface area contributed by atoms with Gasteiger partial charge in [-0.25, -0.2) is 0 Å².